The summed E-state index contributed by atoms with van der Waals surface area (Å²) in [7, 11) is 0. The molecular formula is C6H13NO6. The topological polar surface area (TPSA) is 133 Å². The number of hydrogen-bond acceptors (Lipinski definition) is 7. The van der Waals surface area contributed by atoms with E-state index in [2.05, 4.69) is 10.7 Å². The highest BCUT2D eigenvalue weighted by atomic mass is 16.6. The van der Waals surface area contributed by atoms with E-state index in [1.54, 1.807) is 0 Å². The van der Waals surface area contributed by atoms with E-state index in [0.717, 1.165) is 0 Å². The number of carbonyl (C=O) groups excluding carboxylic acids is 1. The first-order valence-corrected chi connectivity index (χ1v) is 3.54. The SMILES string of the molecule is NOC(C=O)C(O)C(O)C(O)CO. The number of aliphatic hydroxyl groups excluding tert-OH is 4. The maximum Gasteiger partial charge on any atom is 0.162 e. The summed E-state index contributed by atoms with van der Waals surface area (Å²) in [4.78, 5) is 14.2. The van der Waals surface area contributed by atoms with Gasteiger partial charge in [-0.25, -0.2) is 5.90 Å². The summed E-state index contributed by atoms with van der Waals surface area (Å²) in [5.41, 5.74) is 0. The highest BCUT2D eigenvalue weighted by molar-refractivity contribution is 5.57. The maximum atomic E-state index is 10.2. The van der Waals surface area contributed by atoms with Gasteiger partial charge in [0.15, 0.2) is 12.4 Å². The van der Waals surface area contributed by atoms with E-state index in [4.69, 9.17) is 20.4 Å². The van der Waals surface area contributed by atoms with Gasteiger partial charge < -0.3 is 25.2 Å². The summed E-state index contributed by atoms with van der Waals surface area (Å²) < 4.78 is 0. The predicted molar refractivity (Wildman–Crippen MR) is 40.2 cm³/mol. The van der Waals surface area contributed by atoms with Crippen LogP contribution < -0.4 is 5.90 Å². The standard InChI is InChI=1S/C6H13NO6/c7-13-4(2-9)6(12)5(11)3(10)1-8/h2-6,8,10-12H,1,7H2. The molecule has 0 aliphatic carbocycles. The Labute approximate surface area is 74.3 Å². The summed E-state index contributed by atoms with van der Waals surface area (Å²) >= 11 is 0. The molecule has 7 heteroatoms. The lowest BCUT2D eigenvalue weighted by molar-refractivity contribution is -0.146. The molecule has 0 aromatic heterocycles. The Morgan fingerprint density at radius 2 is 1.85 bits per heavy atom. The van der Waals surface area contributed by atoms with Crippen molar-refractivity contribution < 1.29 is 30.1 Å². The quantitative estimate of drug-likeness (QED) is 0.219. The second kappa shape index (κ2) is 5.97. The minimum absolute atomic E-state index is 0.179. The molecule has 0 saturated heterocycles. The number of hydrogen-bond donors (Lipinski definition) is 5. The molecular weight excluding hydrogens is 182 g/mol. The van der Waals surface area contributed by atoms with Gasteiger partial charge >= 0.3 is 0 Å². The summed E-state index contributed by atoms with van der Waals surface area (Å²) in [6.07, 6.45) is -6.17. The second-order valence-corrected chi connectivity index (χ2v) is 2.47. The Bertz CT molecular complexity index is 154. The first kappa shape index (κ1) is 12.4. The van der Waals surface area contributed by atoms with Crippen LogP contribution in [0.25, 0.3) is 0 Å². The molecule has 0 aliphatic rings. The van der Waals surface area contributed by atoms with Crippen LogP contribution in [-0.2, 0) is 9.63 Å². The van der Waals surface area contributed by atoms with E-state index in [9.17, 15) is 4.79 Å². The van der Waals surface area contributed by atoms with Crippen LogP contribution in [0.3, 0.4) is 0 Å². The van der Waals surface area contributed by atoms with Crippen LogP contribution in [0.2, 0.25) is 0 Å². The van der Waals surface area contributed by atoms with E-state index in [1.165, 1.54) is 0 Å². The van der Waals surface area contributed by atoms with Gasteiger partial charge in [0.1, 0.15) is 18.3 Å². The van der Waals surface area contributed by atoms with Gasteiger partial charge in [0.2, 0.25) is 0 Å². The lowest BCUT2D eigenvalue weighted by atomic mass is 10.0. The van der Waals surface area contributed by atoms with E-state index in [-0.39, 0.29) is 6.29 Å². The van der Waals surface area contributed by atoms with Crippen LogP contribution in [-0.4, -0.2) is 57.7 Å². The molecule has 0 aliphatic heterocycles. The summed E-state index contributed by atoms with van der Waals surface area (Å²) in [6, 6.07) is 0. The van der Waals surface area contributed by atoms with Gasteiger partial charge in [-0.2, -0.15) is 0 Å². The van der Waals surface area contributed by atoms with Crippen LogP contribution in [0.5, 0.6) is 0 Å². The van der Waals surface area contributed by atoms with E-state index < -0.39 is 31.0 Å². The summed E-state index contributed by atoms with van der Waals surface area (Å²) in [5, 5.41) is 35.5. The van der Waals surface area contributed by atoms with Crippen molar-refractivity contribution in [2.75, 3.05) is 6.61 Å². The van der Waals surface area contributed by atoms with Gasteiger partial charge in [-0.1, -0.05) is 0 Å². The minimum Gasteiger partial charge on any atom is -0.394 e. The Hall–Kier alpha value is -0.570. The first-order valence-electron chi connectivity index (χ1n) is 3.54. The molecule has 0 saturated carbocycles. The number of carbonyl (C=O) groups is 1. The molecule has 6 N–H and O–H groups in total. The Kier molecular flexibility index (Phi) is 5.71. The zero-order valence-electron chi connectivity index (χ0n) is 6.78. The van der Waals surface area contributed by atoms with Gasteiger partial charge in [-0.15, -0.1) is 0 Å². The lowest BCUT2D eigenvalue weighted by Gasteiger charge is -2.23. The Morgan fingerprint density at radius 1 is 1.31 bits per heavy atom. The van der Waals surface area contributed by atoms with Gasteiger partial charge in [0.05, 0.1) is 6.61 Å². The van der Waals surface area contributed by atoms with Crippen LogP contribution >= 0.6 is 0 Å². The van der Waals surface area contributed by atoms with Crippen molar-refractivity contribution in [3.8, 4) is 0 Å². The highest BCUT2D eigenvalue weighted by Crippen LogP contribution is 2.04. The van der Waals surface area contributed by atoms with Gasteiger partial charge in [0.25, 0.3) is 0 Å². The van der Waals surface area contributed by atoms with Crippen molar-refractivity contribution in [1.82, 2.24) is 0 Å². The maximum absolute atomic E-state index is 10.2. The minimum atomic E-state index is -1.69. The molecule has 0 amide bonds. The van der Waals surface area contributed by atoms with E-state index in [1.807, 2.05) is 0 Å². The number of aldehydes is 1. The molecule has 7 nitrogen and oxygen atoms in total. The molecule has 0 fully saturated rings. The molecule has 4 unspecified atom stereocenters. The molecule has 0 aromatic rings. The average Bonchev–Trinajstić information content (AvgIpc) is 2.17. The molecule has 13 heavy (non-hydrogen) atoms. The van der Waals surface area contributed by atoms with E-state index >= 15 is 0 Å². The summed E-state index contributed by atoms with van der Waals surface area (Å²) in [6.45, 7) is -0.742. The van der Waals surface area contributed by atoms with Crippen molar-refractivity contribution in [1.29, 1.82) is 0 Å². The molecule has 0 heterocycles. The fourth-order valence-electron chi connectivity index (χ4n) is 0.723. The fraction of sp³-hybridized carbons (Fsp3) is 0.833. The van der Waals surface area contributed by atoms with Crippen LogP contribution in [0, 0.1) is 0 Å². The third-order valence-corrected chi connectivity index (χ3v) is 1.56. The smallest absolute Gasteiger partial charge is 0.162 e. The molecule has 78 valence electrons. The molecule has 0 radical (unpaired) electrons. The fourth-order valence-corrected chi connectivity index (χ4v) is 0.723. The van der Waals surface area contributed by atoms with Gasteiger partial charge in [0, 0.05) is 0 Å². The van der Waals surface area contributed by atoms with E-state index in [0.29, 0.717) is 0 Å². The van der Waals surface area contributed by atoms with Crippen molar-refractivity contribution in [3.05, 3.63) is 0 Å². The third kappa shape index (κ3) is 3.35. The highest BCUT2D eigenvalue weighted by Gasteiger charge is 2.31. The normalized spacial score (nSPS) is 20.4. The molecule has 0 bridgehead atoms. The first-order chi connectivity index (χ1) is 6.08. The zero-order chi connectivity index (χ0) is 10.4. The van der Waals surface area contributed by atoms with Crippen LogP contribution in [0.4, 0.5) is 0 Å². The molecule has 0 rings (SSSR count). The lowest BCUT2D eigenvalue weighted by Crippen LogP contribution is -2.48. The monoisotopic (exact) mass is 195 g/mol. The van der Waals surface area contributed by atoms with Gasteiger partial charge in [-0.3, -0.25) is 4.84 Å². The zero-order valence-corrected chi connectivity index (χ0v) is 6.78. The number of nitrogens with two attached hydrogens (primary N) is 1. The van der Waals surface area contributed by atoms with Crippen LogP contribution in [0.1, 0.15) is 0 Å². The van der Waals surface area contributed by atoms with Gasteiger partial charge in [-0.05, 0) is 0 Å². The van der Waals surface area contributed by atoms with Crippen LogP contribution in [0.15, 0.2) is 0 Å². The predicted octanol–water partition coefficient (Wildman–Crippen LogP) is -3.48. The van der Waals surface area contributed by atoms with Crippen molar-refractivity contribution >= 4 is 6.29 Å². The largest absolute Gasteiger partial charge is 0.394 e. The number of rotatable bonds is 6. The summed E-state index contributed by atoms with van der Waals surface area (Å²) in [5.74, 6) is 4.62. The third-order valence-electron chi connectivity index (χ3n) is 1.56. The second-order valence-electron chi connectivity index (χ2n) is 2.47. The Morgan fingerprint density at radius 3 is 2.15 bits per heavy atom. The Balaban J connectivity index is 4.21. The molecule has 4 atom stereocenters. The van der Waals surface area contributed by atoms with Crippen molar-refractivity contribution in [2.45, 2.75) is 24.4 Å². The van der Waals surface area contributed by atoms with Crippen molar-refractivity contribution in [3.63, 3.8) is 0 Å². The average molecular weight is 195 g/mol. The number of aliphatic hydroxyl groups is 4. The molecule has 0 aromatic carbocycles. The molecule has 0 spiro atoms. The van der Waals surface area contributed by atoms with Crippen molar-refractivity contribution in [2.24, 2.45) is 5.90 Å².